The van der Waals surface area contributed by atoms with Gasteiger partial charge >= 0.3 is 5.97 Å². The van der Waals surface area contributed by atoms with Crippen molar-refractivity contribution in [3.8, 4) is 11.5 Å². The van der Waals surface area contributed by atoms with E-state index in [-0.39, 0.29) is 18.9 Å². The number of aliphatic carboxylic acids is 1. The number of thioether (sulfide) groups is 1. The minimum Gasteiger partial charge on any atom is -0.480 e. The monoisotopic (exact) mass is 542 g/mol. The first-order valence-corrected chi connectivity index (χ1v) is 14.2. The number of hydrogen-bond donors (Lipinski definition) is 2. The van der Waals surface area contributed by atoms with Gasteiger partial charge in [-0.2, -0.15) is 11.8 Å². The predicted molar refractivity (Wildman–Crippen MR) is 151 cm³/mol. The van der Waals surface area contributed by atoms with E-state index in [4.69, 9.17) is 4.74 Å². The lowest BCUT2D eigenvalue weighted by Crippen LogP contribution is -2.56. The molecular weight excluding hydrogens is 512 g/mol. The molecule has 0 aliphatic carbocycles. The number of carboxylic acid groups (broad SMARTS) is 1. The molecule has 0 spiro atoms. The summed E-state index contributed by atoms with van der Waals surface area (Å²) in [5.74, 6) is -1.86. The molecule has 5 rings (SSSR count). The SMILES string of the molecule is CSCCC1(C(=O)O)NC(c2ccc(Oc3ccccc3)cc2)C2C(=O)N(C/C=C/c3ccccc3)C(=O)C21. The Kier molecular flexibility index (Phi) is 7.86. The van der Waals surface area contributed by atoms with Crippen molar-refractivity contribution in [1.29, 1.82) is 0 Å². The number of carboxylic acids is 1. The van der Waals surface area contributed by atoms with Crippen LogP contribution in [0, 0.1) is 11.8 Å². The molecule has 2 saturated heterocycles. The molecule has 3 aromatic carbocycles. The van der Waals surface area contributed by atoms with Gasteiger partial charge in [0.15, 0.2) is 0 Å². The fraction of sp³-hybridized carbons (Fsp3) is 0.258. The summed E-state index contributed by atoms with van der Waals surface area (Å²) in [7, 11) is 0. The van der Waals surface area contributed by atoms with Crippen molar-refractivity contribution >= 4 is 35.6 Å². The standard InChI is InChI=1S/C31H30N2O5S/c1-39-20-18-31(30(36)37)26-25(28(34)33(29(26)35)19-8-11-21-9-4-2-5-10-21)27(32-31)22-14-16-24(17-15-22)38-23-12-6-3-7-13-23/h2-17,25-27,32H,18-20H2,1H3,(H,36,37)/b11-8+. The van der Waals surface area contributed by atoms with E-state index in [2.05, 4.69) is 5.32 Å². The number of rotatable bonds is 10. The molecule has 4 atom stereocenters. The van der Waals surface area contributed by atoms with E-state index in [9.17, 15) is 19.5 Å². The molecule has 7 nitrogen and oxygen atoms in total. The van der Waals surface area contributed by atoms with Gasteiger partial charge < -0.3 is 9.84 Å². The second-order valence-corrected chi connectivity index (χ2v) is 10.7. The van der Waals surface area contributed by atoms with Crippen molar-refractivity contribution in [3.63, 3.8) is 0 Å². The minimum atomic E-state index is -1.54. The van der Waals surface area contributed by atoms with Gasteiger partial charge in [-0.15, -0.1) is 0 Å². The lowest BCUT2D eigenvalue weighted by Gasteiger charge is -2.31. The van der Waals surface area contributed by atoms with Gasteiger partial charge in [0.05, 0.1) is 11.8 Å². The van der Waals surface area contributed by atoms with Crippen LogP contribution in [0.25, 0.3) is 6.08 Å². The highest BCUT2D eigenvalue weighted by Crippen LogP contribution is 2.50. The molecule has 0 aromatic heterocycles. The molecule has 2 fully saturated rings. The molecule has 3 aromatic rings. The number of para-hydroxylation sites is 1. The third-order valence-corrected chi connectivity index (χ3v) is 8.06. The average molecular weight is 543 g/mol. The van der Waals surface area contributed by atoms with Crippen molar-refractivity contribution in [2.24, 2.45) is 11.8 Å². The number of likely N-dealkylation sites (tertiary alicyclic amines) is 1. The molecular formula is C31H30N2O5S. The number of hydrogen-bond acceptors (Lipinski definition) is 6. The van der Waals surface area contributed by atoms with Crippen LogP contribution in [0.3, 0.4) is 0 Å². The quantitative estimate of drug-likeness (QED) is 0.348. The Morgan fingerprint density at radius 3 is 2.26 bits per heavy atom. The lowest BCUT2D eigenvalue weighted by atomic mass is 9.78. The highest BCUT2D eigenvalue weighted by Gasteiger charge is 2.67. The number of carbonyl (C=O) groups is 3. The number of benzene rings is 3. The smallest absolute Gasteiger partial charge is 0.324 e. The van der Waals surface area contributed by atoms with Crippen LogP contribution in [0.4, 0.5) is 0 Å². The zero-order valence-corrected chi connectivity index (χ0v) is 22.3. The summed E-state index contributed by atoms with van der Waals surface area (Å²) in [5.41, 5.74) is 0.150. The largest absolute Gasteiger partial charge is 0.480 e. The van der Waals surface area contributed by atoms with Gasteiger partial charge in [0, 0.05) is 12.6 Å². The lowest BCUT2D eigenvalue weighted by molar-refractivity contribution is -0.151. The first kappa shape index (κ1) is 26.7. The summed E-state index contributed by atoms with van der Waals surface area (Å²) in [4.78, 5) is 41.4. The van der Waals surface area contributed by atoms with E-state index in [0.29, 0.717) is 17.3 Å². The minimum absolute atomic E-state index is 0.0916. The van der Waals surface area contributed by atoms with E-state index in [1.54, 1.807) is 18.2 Å². The van der Waals surface area contributed by atoms with Crippen molar-refractivity contribution < 1.29 is 24.2 Å². The number of carbonyl (C=O) groups excluding carboxylic acids is 2. The van der Waals surface area contributed by atoms with Crippen LogP contribution in [-0.2, 0) is 14.4 Å². The summed E-state index contributed by atoms with van der Waals surface area (Å²) < 4.78 is 5.90. The maximum atomic E-state index is 13.7. The Balaban J connectivity index is 1.44. The Labute approximate surface area is 231 Å². The summed E-state index contributed by atoms with van der Waals surface area (Å²) in [6.07, 6.45) is 5.75. The zero-order valence-electron chi connectivity index (χ0n) is 21.5. The van der Waals surface area contributed by atoms with Gasteiger partial charge in [0.1, 0.15) is 17.0 Å². The molecule has 4 unspecified atom stereocenters. The van der Waals surface area contributed by atoms with Crippen LogP contribution in [-0.4, -0.2) is 51.9 Å². The molecule has 0 bridgehead atoms. The fourth-order valence-corrected chi connectivity index (χ4v) is 6.08. The number of ether oxygens (including phenoxy) is 1. The summed E-state index contributed by atoms with van der Waals surface area (Å²) in [5, 5.41) is 13.7. The number of nitrogens with one attached hydrogen (secondary N) is 1. The average Bonchev–Trinajstić information content (AvgIpc) is 3.43. The van der Waals surface area contributed by atoms with Crippen LogP contribution in [0.5, 0.6) is 11.5 Å². The molecule has 2 amide bonds. The Hall–Kier alpha value is -3.88. The van der Waals surface area contributed by atoms with E-state index >= 15 is 0 Å². The molecule has 2 aliphatic heterocycles. The molecule has 8 heteroatoms. The van der Waals surface area contributed by atoms with Gasteiger partial charge in [-0.25, -0.2) is 0 Å². The molecule has 39 heavy (non-hydrogen) atoms. The highest BCUT2D eigenvalue weighted by molar-refractivity contribution is 7.98. The van der Waals surface area contributed by atoms with Gasteiger partial charge in [-0.1, -0.05) is 72.8 Å². The Morgan fingerprint density at radius 1 is 0.974 bits per heavy atom. The fourth-order valence-electron chi connectivity index (χ4n) is 5.55. The van der Waals surface area contributed by atoms with Crippen molar-refractivity contribution in [2.75, 3.05) is 18.6 Å². The van der Waals surface area contributed by atoms with Crippen LogP contribution in [0.15, 0.2) is 91.0 Å². The molecule has 200 valence electrons. The number of fused-ring (bicyclic) bond motifs is 1. The summed E-state index contributed by atoms with van der Waals surface area (Å²) in [6, 6.07) is 25.6. The van der Waals surface area contributed by atoms with Gasteiger partial charge in [-0.05, 0) is 53.8 Å². The van der Waals surface area contributed by atoms with Gasteiger partial charge in [0.2, 0.25) is 11.8 Å². The third-order valence-electron chi connectivity index (χ3n) is 7.44. The van der Waals surface area contributed by atoms with Gasteiger partial charge in [0.25, 0.3) is 0 Å². The van der Waals surface area contributed by atoms with Crippen LogP contribution in [0.1, 0.15) is 23.6 Å². The molecule has 2 N–H and O–H groups in total. The maximum Gasteiger partial charge on any atom is 0.324 e. The highest BCUT2D eigenvalue weighted by atomic mass is 32.2. The number of imide groups is 1. The topological polar surface area (TPSA) is 95.9 Å². The number of nitrogens with zero attached hydrogens (tertiary/aromatic N) is 1. The van der Waals surface area contributed by atoms with Crippen molar-refractivity contribution in [2.45, 2.75) is 18.0 Å². The third kappa shape index (κ3) is 5.22. The second kappa shape index (κ2) is 11.5. The van der Waals surface area contributed by atoms with E-state index in [1.165, 1.54) is 16.7 Å². The first-order chi connectivity index (χ1) is 18.9. The first-order valence-electron chi connectivity index (χ1n) is 12.8. The summed E-state index contributed by atoms with van der Waals surface area (Å²) >= 11 is 1.51. The van der Waals surface area contributed by atoms with Crippen LogP contribution < -0.4 is 10.1 Å². The normalized spacial score (nSPS) is 24.3. The second-order valence-electron chi connectivity index (χ2n) is 9.73. The van der Waals surface area contributed by atoms with Gasteiger partial charge in [-0.3, -0.25) is 24.6 Å². The Bertz CT molecular complexity index is 1360. The van der Waals surface area contributed by atoms with E-state index in [0.717, 1.165) is 11.1 Å². The molecule has 2 aliphatic rings. The molecule has 0 saturated carbocycles. The van der Waals surface area contributed by atoms with Crippen LogP contribution in [0.2, 0.25) is 0 Å². The van der Waals surface area contributed by atoms with E-state index < -0.39 is 35.3 Å². The molecule has 2 heterocycles. The maximum absolute atomic E-state index is 13.7. The summed E-state index contributed by atoms with van der Waals surface area (Å²) in [6.45, 7) is 0.0916. The van der Waals surface area contributed by atoms with Crippen molar-refractivity contribution in [3.05, 3.63) is 102 Å². The Morgan fingerprint density at radius 2 is 1.62 bits per heavy atom. The van der Waals surface area contributed by atoms with Crippen molar-refractivity contribution in [1.82, 2.24) is 10.2 Å². The number of amides is 2. The van der Waals surface area contributed by atoms with E-state index in [1.807, 2.05) is 85.1 Å². The molecule has 0 radical (unpaired) electrons. The predicted octanol–water partition coefficient (Wildman–Crippen LogP) is 5.01. The zero-order chi connectivity index (χ0) is 27.4. The van der Waals surface area contributed by atoms with Crippen LogP contribution >= 0.6 is 11.8 Å².